The van der Waals surface area contributed by atoms with Crippen LogP contribution in [0.5, 0.6) is 0 Å². The van der Waals surface area contributed by atoms with Crippen LogP contribution in [0.1, 0.15) is 12.5 Å². The molecule has 0 radical (unpaired) electrons. The molecule has 1 atom stereocenters. The predicted molar refractivity (Wildman–Crippen MR) is 120 cm³/mol. The van der Waals surface area contributed by atoms with Gasteiger partial charge in [0.15, 0.2) is 6.10 Å². The highest BCUT2D eigenvalue weighted by Gasteiger charge is 2.27. The summed E-state index contributed by atoms with van der Waals surface area (Å²) in [6.45, 7) is 4.82. The number of amides is 1. The van der Waals surface area contributed by atoms with Crippen LogP contribution in [0.15, 0.2) is 65.7 Å². The van der Waals surface area contributed by atoms with E-state index in [-0.39, 0.29) is 18.0 Å². The molecule has 32 heavy (non-hydrogen) atoms. The van der Waals surface area contributed by atoms with Crippen LogP contribution in [0.25, 0.3) is 10.9 Å². The lowest BCUT2D eigenvalue weighted by atomic mass is 10.2. The number of para-hydroxylation sites is 1. The fraction of sp³-hybridized carbons (Fsp3) is 0.333. The Morgan fingerprint density at radius 1 is 1.00 bits per heavy atom. The van der Waals surface area contributed by atoms with Gasteiger partial charge >= 0.3 is 5.97 Å². The molecule has 8 nitrogen and oxygen atoms in total. The van der Waals surface area contributed by atoms with Crippen molar-refractivity contribution in [2.45, 2.75) is 26.1 Å². The number of benzene rings is 2. The van der Waals surface area contributed by atoms with E-state index >= 15 is 0 Å². The molecular weight excluding hydrogens is 408 g/mol. The van der Waals surface area contributed by atoms with Crippen LogP contribution in [0.2, 0.25) is 0 Å². The normalized spacial score (nSPS) is 15.5. The van der Waals surface area contributed by atoms with Gasteiger partial charge in [0.2, 0.25) is 0 Å². The molecule has 3 aromatic rings. The van der Waals surface area contributed by atoms with Gasteiger partial charge in [0, 0.05) is 32.7 Å². The number of hydrogen-bond donors (Lipinski definition) is 0. The third-order valence-electron chi connectivity index (χ3n) is 5.62. The average molecular weight is 434 g/mol. The maximum Gasteiger partial charge on any atom is 0.326 e. The van der Waals surface area contributed by atoms with Crippen LogP contribution in [0.4, 0.5) is 0 Å². The van der Waals surface area contributed by atoms with Crippen LogP contribution in [0, 0.1) is 0 Å². The van der Waals surface area contributed by atoms with Gasteiger partial charge in [-0.05, 0) is 24.6 Å². The first-order valence-corrected chi connectivity index (χ1v) is 10.7. The Bertz CT molecular complexity index is 1150. The highest BCUT2D eigenvalue weighted by molar-refractivity contribution is 5.83. The van der Waals surface area contributed by atoms with Crippen molar-refractivity contribution < 1.29 is 14.3 Å². The van der Waals surface area contributed by atoms with E-state index in [1.54, 1.807) is 36.1 Å². The molecule has 1 saturated heterocycles. The zero-order chi connectivity index (χ0) is 22.5. The molecule has 0 spiro atoms. The number of piperazine rings is 1. The summed E-state index contributed by atoms with van der Waals surface area (Å²) in [5.74, 6) is -0.866. The van der Waals surface area contributed by atoms with E-state index in [1.807, 2.05) is 18.2 Å². The van der Waals surface area contributed by atoms with Crippen molar-refractivity contribution in [3.8, 4) is 0 Å². The van der Waals surface area contributed by atoms with Crippen molar-refractivity contribution >= 4 is 22.8 Å². The second kappa shape index (κ2) is 9.74. The lowest BCUT2D eigenvalue weighted by molar-refractivity contribution is -0.160. The first-order valence-electron chi connectivity index (χ1n) is 10.7. The molecule has 1 aliphatic rings. The number of aromatic nitrogens is 2. The van der Waals surface area contributed by atoms with Crippen molar-refractivity contribution in [2.75, 3.05) is 26.2 Å². The largest absolute Gasteiger partial charge is 0.451 e. The zero-order valence-electron chi connectivity index (χ0n) is 18.0. The molecule has 8 heteroatoms. The number of rotatable bonds is 6. The zero-order valence-corrected chi connectivity index (χ0v) is 18.0. The van der Waals surface area contributed by atoms with Crippen molar-refractivity contribution in [3.05, 3.63) is 76.8 Å². The van der Waals surface area contributed by atoms with E-state index in [2.05, 4.69) is 22.0 Å². The summed E-state index contributed by atoms with van der Waals surface area (Å²) in [5.41, 5.74) is 1.49. The van der Waals surface area contributed by atoms with E-state index in [0.29, 0.717) is 24.0 Å². The number of esters is 1. The van der Waals surface area contributed by atoms with Gasteiger partial charge in [-0.3, -0.25) is 23.9 Å². The van der Waals surface area contributed by atoms with Crippen LogP contribution >= 0.6 is 0 Å². The topological polar surface area (TPSA) is 84.7 Å². The van der Waals surface area contributed by atoms with Gasteiger partial charge in [0.05, 0.1) is 17.2 Å². The van der Waals surface area contributed by atoms with Gasteiger partial charge in [0.25, 0.3) is 11.5 Å². The average Bonchev–Trinajstić information content (AvgIpc) is 2.82. The lowest BCUT2D eigenvalue weighted by Crippen LogP contribution is -2.51. The Kier molecular flexibility index (Phi) is 6.61. The SMILES string of the molecule is CC(OC(=O)Cn1cnc2ccccc2c1=O)C(=O)N1CCN(Cc2ccccc2)CC1. The minimum Gasteiger partial charge on any atom is -0.451 e. The number of fused-ring (bicyclic) bond motifs is 1. The first-order chi connectivity index (χ1) is 15.5. The van der Waals surface area contributed by atoms with Gasteiger partial charge in [-0.1, -0.05) is 42.5 Å². The summed E-state index contributed by atoms with van der Waals surface area (Å²) < 4.78 is 6.53. The highest BCUT2D eigenvalue weighted by Crippen LogP contribution is 2.11. The smallest absolute Gasteiger partial charge is 0.326 e. The standard InChI is InChI=1S/C24H26N4O4/c1-18(23(30)27-13-11-26(12-14-27)15-19-7-3-2-4-8-19)32-22(29)16-28-17-25-21-10-6-5-9-20(21)24(28)31/h2-10,17-18H,11-16H2,1H3. The molecule has 0 saturated carbocycles. The van der Waals surface area contributed by atoms with Crippen molar-refractivity contribution in [1.82, 2.24) is 19.4 Å². The number of carbonyl (C=O) groups excluding carboxylic acids is 2. The van der Waals surface area contributed by atoms with Gasteiger partial charge in [-0.2, -0.15) is 0 Å². The number of carbonyl (C=O) groups is 2. The van der Waals surface area contributed by atoms with Crippen LogP contribution < -0.4 is 5.56 Å². The fourth-order valence-electron chi connectivity index (χ4n) is 3.87. The highest BCUT2D eigenvalue weighted by atomic mass is 16.5. The third kappa shape index (κ3) is 5.03. The predicted octanol–water partition coefficient (Wildman–Crippen LogP) is 1.67. The Morgan fingerprint density at radius 3 is 2.44 bits per heavy atom. The van der Waals surface area contributed by atoms with Gasteiger partial charge in [-0.15, -0.1) is 0 Å². The molecule has 1 aliphatic heterocycles. The monoisotopic (exact) mass is 434 g/mol. The van der Waals surface area contributed by atoms with E-state index in [0.717, 1.165) is 19.6 Å². The molecule has 1 fully saturated rings. The quantitative estimate of drug-likeness (QED) is 0.549. The van der Waals surface area contributed by atoms with Crippen molar-refractivity contribution in [2.24, 2.45) is 0 Å². The fourth-order valence-corrected chi connectivity index (χ4v) is 3.87. The van der Waals surface area contributed by atoms with Gasteiger partial charge < -0.3 is 9.64 Å². The van der Waals surface area contributed by atoms with Crippen molar-refractivity contribution in [1.29, 1.82) is 0 Å². The molecule has 2 aromatic carbocycles. The Morgan fingerprint density at radius 2 is 1.69 bits per heavy atom. The van der Waals surface area contributed by atoms with Crippen LogP contribution in [-0.2, 0) is 27.4 Å². The molecule has 0 N–H and O–H groups in total. The second-order valence-corrected chi connectivity index (χ2v) is 7.91. The minimum atomic E-state index is -0.910. The molecule has 1 amide bonds. The molecule has 1 unspecified atom stereocenters. The summed E-state index contributed by atoms with van der Waals surface area (Å²) in [6.07, 6.45) is 0.414. The molecule has 0 aliphatic carbocycles. The molecule has 2 heterocycles. The molecule has 0 bridgehead atoms. The molecular formula is C24H26N4O4. The summed E-state index contributed by atoms with van der Waals surface area (Å²) in [7, 11) is 0. The van der Waals surface area contributed by atoms with E-state index in [1.165, 1.54) is 16.5 Å². The molecule has 1 aromatic heterocycles. The summed E-state index contributed by atoms with van der Waals surface area (Å²) in [4.78, 5) is 45.9. The van der Waals surface area contributed by atoms with Crippen LogP contribution in [0.3, 0.4) is 0 Å². The maximum atomic E-state index is 12.7. The van der Waals surface area contributed by atoms with E-state index in [4.69, 9.17) is 4.74 Å². The number of hydrogen-bond acceptors (Lipinski definition) is 6. The summed E-state index contributed by atoms with van der Waals surface area (Å²) >= 11 is 0. The summed E-state index contributed by atoms with van der Waals surface area (Å²) in [6, 6.07) is 17.2. The summed E-state index contributed by atoms with van der Waals surface area (Å²) in [5, 5.41) is 0.431. The van der Waals surface area contributed by atoms with Crippen molar-refractivity contribution in [3.63, 3.8) is 0 Å². The maximum absolute atomic E-state index is 12.7. The molecule has 4 rings (SSSR count). The lowest BCUT2D eigenvalue weighted by Gasteiger charge is -2.35. The second-order valence-electron chi connectivity index (χ2n) is 7.91. The third-order valence-corrected chi connectivity index (χ3v) is 5.62. The number of ether oxygens (including phenoxy) is 1. The molecule has 166 valence electrons. The van der Waals surface area contributed by atoms with Gasteiger partial charge in [-0.25, -0.2) is 4.98 Å². The first kappa shape index (κ1) is 21.7. The minimum absolute atomic E-state index is 0.221. The number of nitrogens with zero attached hydrogens (tertiary/aromatic N) is 4. The Balaban J connectivity index is 1.29. The van der Waals surface area contributed by atoms with Gasteiger partial charge in [0.1, 0.15) is 6.54 Å². The van der Waals surface area contributed by atoms with E-state index < -0.39 is 12.1 Å². The van der Waals surface area contributed by atoms with E-state index in [9.17, 15) is 14.4 Å². The van der Waals surface area contributed by atoms with Crippen LogP contribution in [-0.4, -0.2) is 63.5 Å². The Hall–Kier alpha value is -3.52. The Labute approximate surface area is 186 Å².